The van der Waals surface area contributed by atoms with Gasteiger partial charge in [0.25, 0.3) is 0 Å². The smallest absolute Gasteiger partial charge is 0.162 e. The second kappa shape index (κ2) is 6.64. The molecular formula is C13H25N3O. The number of aryl methyl sites for hydroxylation is 2. The Labute approximate surface area is 104 Å². The normalized spacial score (nSPS) is 12.8. The van der Waals surface area contributed by atoms with Crippen LogP contribution in [-0.4, -0.2) is 29.5 Å². The van der Waals surface area contributed by atoms with E-state index in [0.717, 1.165) is 36.8 Å². The molecular weight excluding hydrogens is 214 g/mol. The molecule has 0 aliphatic carbocycles. The summed E-state index contributed by atoms with van der Waals surface area (Å²) in [6, 6.07) is 0. The molecule has 0 fully saturated rings. The molecule has 0 spiro atoms. The van der Waals surface area contributed by atoms with Gasteiger partial charge in [0.05, 0.1) is 12.3 Å². The summed E-state index contributed by atoms with van der Waals surface area (Å²) >= 11 is 0. The van der Waals surface area contributed by atoms with Crippen molar-refractivity contribution in [3.63, 3.8) is 0 Å². The molecule has 1 atom stereocenters. The van der Waals surface area contributed by atoms with Crippen LogP contribution in [0.25, 0.3) is 0 Å². The maximum atomic E-state index is 5.86. The standard InChI is InChI=1S/C13H25N3O/c1-6-7-14-8-10(2)9-17-13-11(3)15-16(5)12(13)4/h10,14H,6-9H2,1-5H3. The Hall–Kier alpha value is -1.03. The summed E-state index contributed by atoms with van der Waals surface area (Å²) in [5.74, 6) is 1.45. The van der Waals surface area contributed by atoms with Crippen molar-refractivity contribution < 1.29 is 4.74 Å². The maximum absolute atomic E-state index is 5.86. The molecule has 0 aromatic carbocycles. The first-order valence-electron chi connectivity index (χ1n) is 6.40. The number of aromatic nitrogens is 2. The van der Waals surface area contributed by atoms with Gasteiger partial charge in [-0.2, -0.15) is 5.10 Å². The van der Waals surface area contributed by atoms with Crippen LogP contribution in [0.2, 0.25) is 0 Å². The minimum absolute atomic E-state index is 0.514. The molecule has 98 valence electrons. The number of hydrogen-bond acceptors (Lipinski definition) is 3. The third kappa shape index (κ3) is 4.04. The van der Waals surface area contributed by atoms with Crippen LogP contribution in [0, 0.1) is 19.8 Å². The second-order valence-electron chi connectivity index (χ2n) is 4.74. The summed E-state index contributed by atoms with van der Waals surface area (Å²) in [7, 11) is 1.95. The average Bonchev–Trinajstić information content (AvgIpc) is 2.51. The van der Waals surface area contributed by atoms with Gasteiger partial charge >= 0.3 is 0 Å². The van der Waals surface area contributed by atoms with Gasteiger partial charge in [0.15, 0.2) is 5.75 Å². The van der Waals surface area contributed by atoms with E-state index in [-0.39, 0.29) is 0 Å². The molecule has 0 amide bonds. The molecule has 1 rings (SSSR count). The minimum Gasteiger partial charge on any atom is -0.489 e. The van der Waals surface area contributed by atoms with Crippen LogP contribution in [0.4, 0.5) is 0 Å². The highest BCUT2D eigenvalue weighted by Gasteiger charge is 2.11. The highest BCUT2D eigenvalue weighted by Crippen LogP contribution is 2.21. The van der Waals surface area contributed by atoms with E-state index in [1.807, 2.05) is 25.6 Å². The van der Waals surface area contributed by atoms with Crippen LogP contribution in [0.5, 0.6) is 5.75 Å². The molecule has 4 heteroatoms. The van der Waals surface area contributed by atoms with Crippen molar-refractivity contribution in [2.45, 2.75) is 34.1 Å². The first-order valence-corrected chi connectivity index (χ1v) is 6.40. The van der Waals surface area contributed by atoms with Gasteiger partial charge in [-0.05, 0) is 26.8 Å². The Morgan fingerprint density at radius 2 is 2.12 bits per heavy atom. The van der Waals surface area contributed by atoms with E-state index >= 15 is 0 Å². The molecule has 1 unspecified atom stereocenters. The van der Waals surface area contributed by atoms with Crippen molar-refractivity contribution in [2.24, 2.45) is 13.0 Å². The second-order valence-corrected chi connectivity index (χ2v) is 4.74. The van der Waals surface area contributed by atoms with Gasteiger partial charge in [-0.3, -0.25) is 4.68 Å². The molecule has 1 heterocycles. The monoisotopic (exact) mass is 239 g/mol. The first kappa shape index (κ1) is 14.0. The van der Waals surface area contributed by atoms with Gasteiger partial charge < -0.3 is 10.1 Å². The van der Waals surface area contributed by atoms with Gasteiger partial charge in [0.1, 0.15) is 5.69 Å². The lowest BCUT2D eigenvalue weighted by Crippen LogP contribution is -2.25. The topological polar surface area (TPSA) is 39.1 Å². The molecule has 4 nitrogen and oxygen atoms in total. The van der Waals surface area contributed by atoms with E-state index < -0.39 is 0 Å². The van der Waals surface area contributed by atoms with Crippen molar-refractivity contribution in [1.82, 2.24) is 15.1 Å². The number of rotatable bonds is 7. The van der Waals surface area contributed by atoms with Gasteiger partial charge in [-0.25, -0.2) is 0 Å². The predicted molar refractivity (Wildman–Crippen MR) is 70.5 cm³/mol. The molecule has 1 aromatic heterocycles. The average molecular weight is 239 g/mol. The van der Waals surface area contributed by atoms with E-state index in [1.165, 1.54) is 6.42 Å². The highest BCUT2D eigenvalue weighted by atomic mass is 16.5. The molecule has 0 bridgehead atoms. The largest absolute Gasteiger partial charge is 0.489 e. The predicted octanol–water partition coefficient (Wildman–Crippen LogP) is 2.05. The third-order valence-corrected chi connectivity index (χ3v) is 2.87. The van der Waals surface area contributed by atoms with E-state index in [2.05, 4.69) is 24.3 Å². The van der Waals surface area contributed by atoms with Crippen molar-refractivity contribution in [1.29, 1.82) is 0 Å². The molecule has 0 saturated carbocycles. The fraction of sp³-hybridized carbons (Fsp3) is 0.769. The fourth-order valence-electron chi connectivity index (χ4n) is 1.77. The number of ether oxygens (including phenoxy) is 1. The lowest BCUT2D eigenvalue weighted by atomic mass is 10.2. The van der Waals surface area contributed by atoms with Crippen molar-refractivity contribution in [3.05, 3.63) is 11.4 Å². The van der Waals surface area contributed by atoms with Gasteiger partial charge in [-0.15, -0.1) is 0 Å². The van der Waals surface area contributed by atoms with Crippen LogP contribution >= 0.6 is 0 Å². The molecule has 17 heavy (non-hydrogen) atoms. The zero-order chi connectivity index (χ0) is 12.8. The summed E-state index contributed by atoms with van der Waals surface area (Å²) < 4.78 is 7.72. The Morgan fingerprint density at radius 1 is 1.41 bits per heavy atom. The van der Waals surface area contributed by atoms with Crippen LogP contribution in [0.1, 0.15) is 31.7 Å². The summed E-state index contributed by atoms with van der Waals surface area (Å²) in [6.45, 7) is 11.2. The minimum atomic E-state index is 0.514. The van der Waals surface area contributed by atoms with E-state index in [4.69, 9.17) is 4.74 Å². The maximum Gasteiger partial charge on any atom is 0.162 e. The molecule has 0 aliphatic heterocycles. The quantitative estimate of drug-likeness (QED) is 0.740. The zero-order valence-corrected chi connectivity index (χ0v) is 11.7. The number of nitrogens with zero attached hydrogens (tertiary/aromatic N) is 2. The number of nitrogens with one attached hydrogen (secondary N) is 1. The Kier molecular flexibility index (Phi) is 5.48. The first-order chi connectivity index (χ1) is 8.06. The summed E-state index contributed by atoms with van der Waals surface area (Å²) in [5, 5.41) is 7.74. The lowest BCUT2D eigenvalue weighted by Gasteiger charge is -2.13. The van der Waals surface area contributed by atoms with Crippen LogP contribution < -0.4 is 10.1 Å². The SMILES string of the molecule is CCCNCC(C)COc1c(C)nn(C)c1C. The van der Waals surface area contributed by atoms with Gasteiger partial charge in [0.2, 0.25) is 0 Å². The zero-order valence-electron chi connectivity index (χ0n) is 11.7. The summed E-state index contributed by atoms with van der Waals surface area (Å²) in [6.07, 6.45) is 1.17. The number of hydrogen-bond donors (Lipinski definition) is 1. The lowest BCUT2D eigenvalue weighted by molar-refractivity contribution is 0.253. The Bertz CT molecular complexity index is 347. The van der Waals surface area contributed by atoms with Crippen LogP contribution in [0.3, 0.4) is 0 Å². The van der Waals surface area contributed by atoms with Crippen LogP contribution in [0.15, 0.2) is 0 Å². The van der Waals surface area contributed by atoms with E-state index in [1.54, 1.807) is 0 Å². The van der Waals surface area contributed by atoms with Gasteiger partial charge in [0, 0.05) is 19.5 Å². The highest BCUT2D eigenvalue weighted by molar-refractivity contribution is 5.31. The molecule has 1 aromatic rings. The molecule has 0 aliphatic rings. The van der Waals surface area contributed by atoms with E-state index in [9.17, 15) is 0 Å². The molecule has 0 saturated heterocycles. The van der Waals surface area contributed by atoms with E-state index in [0.29, 0.717) is 5.92 Å². The van der Waals surface area contributed by atoms with Crippen molar-refractivity contribution in [2.75, 3.05) is 19.7 Å². The van der Waals surface area contributed by atoms with Crippen molar-refractivity contribution >= 4 is 0 Å². The molecule has 1 N–H and O–H groups in total. The van der Waals surface area contributed by atoms with Crippen LogP contribution in [-0.2, 0) is 7.05 Å². The molecule has 0 radical (unpaired) electrons. The summed E-state index contributed by atoms with van der Waals surface area (Å²) in [5.41, 5.74) is 2.06. The van der Waals surface area contributed by atoms with Crippen molar-refractivity contribution in [3.8, 4) is 5.75 Å². The van der Waals surface area contributed by atoms with Gasteiger partial charge in [-0.1, -0.05) is 13.8 Å². The fourth-order valence-corrected chi connectivity index (χ4v) is 1.77. The Morgan fingerprint density at radius 3 is 2.65 bits per heavy atom. The Balaban J connectivity index is 2.39. The third-order valence-electron chi connectivity index (χ3n) is 2.87. The summed E-state index contributed by atoms with van der Waals surface area (Å²) in [4.78, 5) is 0.